The molecule has 0 saturated heterocycles. The summed E-state index contributed by atoms with van der Waals surface area (Å²) in [6.07, 6.45) is 3.28. The maximum atomic E-state index is 4.38. The molecule has 1 N–H and O–H groups in total. The van der Waals surface area contributed by atoms with Crippen LogP contribution in [-0.2, 0) is 32.5 Å². The van der Waals surface area contributed by atoms with Crippen LogP contribution in [-0.4, -0.2) is 39.7 Å². The van der Waals surface area contributed by atoms with Gasteiger partial charge in [0.2, 0.25) is 0 Å². The van der Waals surface area contributed by atoms with Gasteiger partial charge in [0, 0.05) is 33.6 Å². The number of nitrogens with zero attached hydrogens (tertiary/aromatic N) is 5. The first-order valence-corrected chi connectivity index (χ1v) is 8.61. The van der Waals surface area contributed by atoms with Gasteiger partial charge >= 0.3 is 0 Å². The summed E-state index contributed by atoms with van der Waals surface area (Å²) in [5.41, 5.74) is 2.64. The molecule has 1 aromatic heterocycles. The third-order valence-electron chi connectivity index (χ3n) is 4.52. The molecule has 0 atom stereocenters. The van der Waals surface area contributed by atoms with Crippen LogP contribution in [0.25, 0.3) is 0 Å². The van der Waals surface area contributed by atoms with Gasteiger partial charge in [-0.15, -0.1) is 34.2 Å². The number of hydrogen-bond acceptors (Lipinski definition) is 3. The van der Waals surface area contributed by atoms with Crippen molar-refractivity contribution in [2.24, 2.45) is 4.99 Å². The van der Waals surface area contributed by atoms with Crippen molar-refractivity contribution in [2.75, 3.05) is 14.1 Å². The molecule has 1 aliphatic heterocycles. The number of aryl methyl sites for hydroxylation is 2. The van der Waals surface area contributed by atoms with E-state index in [-0.39, 0.29) is 24.0 Å². The van der Waals surface area contributed by atoms with Crippen LogP contribution >= 0.6 is 24.0 Å². The van der Waals surface area contributed by atoms with Crippen LogP contribution in [0.15, 0.2) is 29.3 Å². The Hall–Kier alpha value is -1.64. The van der Waals surface area contributed by atoms with Gasteiger partial charge in [0.1, 0.15) is 5.82 Å². The standard InChI is InChI=1S/C18H26N6.HI/c1-4-14-7-9-15(10-8-14)13-23(3)18(19-2)20-12-17-22-21-16-6-5-11-24(16)17;/h7-10H,4-6,11-13H2,1-3H3,(H,19,20);1H. The number of aromatic nitrogens is 3. The van der Waals surface area contributed by atoms with E-state index in [9.17, 15) is 0 Å². The van der Waals surface area contributed by atoms with Crippen LogP contribution in [0.3, 0.4) is 0 Å². The van der Waals surface area contributed by atoms with Gasteiger partial charge < -0.3 is 14.8 Å². The monoisotopic (exact) mass is 454 g/mol. The zero-order valence-electron chi connectivity index (χ0n) is 15.2. The number of fused-ring (bicyclic) bond motifs is 1. The first-order valence-electron chi connectivity index (χ1n) is 8.61. The van der Waals surface area contributed by atoms with E-state index in [0.29, 0.717) is 6.54 Å². The Bertz CT molecular complexity index is 707. The van der Waals surface area contributed by atoms with Crippen molar-refractivity contribution in [3.05, 3.63) is 47.0 Å². The summed E-state index contributed by atoms with van der Waals surface area (Å²) in [5.74, 6) is 2.96. The Morgan fingerprint density at radius 2 is 1.96 bits per heavy atom. The van der Waals surface area contributed by atoms with Gasteiger partial charge in [-0.25, -0.2) is 0 Å². The first-order chi connectivity index (χ1) is 11.7. The number of rotatable bonds is 5. The normalized spacial score (nSPS) is 13.3. The highest BCUT2D eigenvalue weighted by Gasteiger charge is 2.17. The molecule has 25 heavy (non-hydrogen) atoms. The fraction of sp³-hybridized carbons (Fsp3) is 0.500. The van der Waals surface area contributed by atoms with Crippen molar-refractivity contribution in [3.8, 4) is 0 Å². The maximum Gasteiger partial charge on any atom is 0.194 e. The third kappa shape index (κ3) is 4.71. The van der Waals surface area contributed by atoms with Crippen molar-refractivity contribution in [1.29, 1.82) is 0 Å². The van der Waals surface area contributed by atoms with Crippen molar-refractivity contribution < 1.29 is 0 Å². The molecule has 0 fully saturated rings. The van der Waals surface area contributed by atoms with Gasteiger partial charge in [0.05, 0.1) is 6.54 Å². The second-order valence-corrected chi connectivity index (χ2v) is 6.21. The number of benzene rings is 1. The molecule has 0 radical (unpaired) electrons. The molecule has 1 aliphatic rings. The Morgan fingerprint density at radius 3 is 2.64 bits per heavy atom. The highest BCUT2D eigenvalue weighted by atomic mass is 127. The average molecular weight is 454 g/mol. The largest absolute Gasteiger partial charge is 0.349 e. The topological polar surface area (TPSA) is 58.3 Å². The molecule has 0 saturated carbocycles. The van der Waals surface area contributed by atoms with Crippen LogP contribution in [0.2, 0.25) is 0 Å². The Labute approximate surface area is 166 Å². The summed E-state index contributed by atoms with van der Waals surface area (Å²) in [6.45, 7) is 4.67. The smallest absolute Gasteiger partial charge is 0.194 e. The lowest BCUT2D eigenvalue weighted by atomic mass is 10.1. The lowest BCUT2D eigenvalue weighted by molar-refractivity contribution is 0.473. The van der Waals surface area contributed by atoms with Gasteiger partial charge in [-0.3, -0.25) is 4.99 Å². The molecule has 0 aliphatic carbocycles. The highest BCUT2D eigenvalue weighted by Crippen LogP contribution is 2.14. The predicted octanol–water partition coefficient (Wildman–Crippen LogP) is 2.61. The Balaban J connectivity index is 0.00000225. The molecule has 2 heterocycles. The molecule has 0 amide bonds. The lowest BCUT2D eigenvalue weighted by Gasteiger charge is -2.22. The number of guanidine groups is 1. The number of halogens is 1. The zero-order valence-corrected chi connectivity index (χ0v) is 17.5. The second-order valence-electron chi connectivity index (χ2n) is 6.21. The van der Waals surface area contributed by atoms with Gasteiger partial charge in [-0.2, -0.15) is 0 Å². The summed E-state index contributed by atoms with van der Waals surface area (Å²) in [5, 5.41) is 11.9. The number of aliphatic imine (C=N–C) groups is 1. The SMILES string of the molecule is CCc1ccc(CN(C)C(=NC)NCc2nnc3n2CCC3)cc1.I. The van der Waals surface area contributed by atoms with E-state index in [1.54, 1.807) is 0 Å². The minimum Gasteiger partial charge on any atom is -0.349 e. The van der Waals surface area contributed by atoms with Gasteiger partial charge in [-0.1, -0.05) is 31.2 Å². The van der Waals surface area contributed by atoms with Gasteiger partial charge in [0.15, 0.2) is 11.8 Å². The van der Waals surface area contributed by atoms with Crippen LogP contribution in [0.5, 0.6) is 0 Å². The van der Waals surface area contributed by atoms with E-state index >= 15 is 0 Å². The van der Waals surface area contributed by atoms with Crippen molar-refractivity contribution in [2.45, 2.75) is 45.8 Å². The van der Waals surface area contributed by atoms with Crippen molar-refractivity contribution in [1.82, 2.24) is 25.0 Å². The molecule has 2 aromatic rings. The Morgan fingerprint density at radius 1 is 1.24 bits per heavy atom. The van der Waals surface area contributed by atoms with E-state index in [1.165, 1.54) is 17.5 Å². The zero-order chi connectivity index (χ0) is 16.9. The molecule has 0 unspecified atom stereocenters. The van der Waals surface area contributed by atoms with Crippen molar-refractivity contribution in [3.63, 3.8) is 0 Å². The second kappa shape index (κ2) is 9.17. The fourth-order valence-electron chi connectivity index (χ4n) is 3.11. The first kappa shape index (κ1) is 19.7. The molecule has 3 rings (SSSR count). The number of nitrogens with one attached hydrogen (secondary N) is 1. The molecular formula is C18H27IN6. The molecule has 136 valence electrons. The predicted molar refractivity (Wildman–Crippen MR) is 111 cm³/mol. The Kier molecular flexibility index (Phi) is 7.22. The van der Waals surface area contributed by atoms with E-state index in [4.69, 9.17) is 0 Å². The maximum absolute atomic E-state index is 4.38. The van der Waals surface area contributed by atoms with E-state index in [0.717, 1.165) is 43.5 Å². The molecule has 6 nitrogen and oxygen atoms in total. The highest BCUT2D eigenvalue weighted by molar-refractivity contribution is 14.0. The fourth-order valence-corrected chi connectivity index (χ4v) is 3.11. The minimum absolute atomic E-state index is 0. The summed E-state index contributed by atoms with van der Waals surface area (Å²) < 4.78 is 2.21. The molecule has 0 spiro atoms. The molecule has 7 heteroatoms. The average Bonchev–Trinajstić information content (AvgIpc) is 3.20. The summed E-state index contributed by atoms with van der Waals surface area (Å²) in [6, 6.07) is 8.76. The summed E-state index contributed by atoms with van der Waals surface area (Å²) in [7, 11) is 3.87. The van der Waals surface area contributed by atoms with E-state index in [1.807, 2.05) is 7.05 Å². The van der Waals surface area contributed by atoms with E-state index in [2.05, 4.69) is 68.2 Å². The summed E-state index contributed by atoms with van der Waals surface area (Å²) in [4.78, 5) is 6.51. The summed E-state index contributed by atoms with van der Waals surface area (Å²) >= 11 is 0. The molecule has 1 aromatic carbocycles. The third-order valence-corrected chi connectivity index (χ3v) is 4.52. The van der Waals surface area contributed by atoms with Crippen LogP contribution in [0.1, 0.15) is 36.1 Å². The van der Waals surface area contributed by atoms with E-state index < -0.39 is 0 Å². The number of hydrogen-bond donors (Lipinski definition) is 1. The van der Waals surface area contributed by atoms with Crippen LogP contribution in [0, 0.1) is 0 Å². The lowest BCUT2D eigenvalue weighted by Crippen LogP contribution is -2.38. The molecule has 0 bridgehead atoms. The van der Waals surface area contributed by atoms with Crippen molar-refractivity contribution >= 4 is 29.9 Å². The van der Waals surface area contributed by atoms with Gasteiger partial charge in [-0.05, 0) is 24.0 Å². The molecular weight excluding hydrogens is 427 g/mol. The van der Waals surface area contributed by atoms with Crippen LogP contribution in [0.4, 0.5) is 0 Å². The van der Waals surface area contributed by atoms with Gasteiger partial charge in [0.25, 0.3) is 0 Å². The van der Waals surface area contributed by atoms with Crippen LogP contribution < -0.4 is 5.32 Å². The quantitative estimate of drug-likeness (QED) is 0.429. The minimum atomic E-state index is 0.